The molecule has 1 saturated heterocycles. The SMILES string of the molecule is CC.COc1cc2c(OCC3CC(F)C(=O)N3)nccc2cc1C(N)=O. The maximum absolute atomic E-state index is 13.2. The number of halogens is 1. The molecule has 8 heteroatoms. The maximum Gasteiger partial charge on any atom is 0.254 e. The summed E-state index contributed by atoms with van der Waals surface area (Å²) in [4.78, 5) is 26.8. The summed E-state index contributed by atoms with van der Waals surface area (Å²) >= 11 is 0. The number of nitrogens with one attached hydrogen (secondary N) is 1. The normalized spacial score (nSPS) is 18.7. The van der Waals surface area contributed by atoms with E-state index in [2.05, 4.69) is 10.3 Å². The number of fused-ring (bicyclic) bond motifs is 1. The summed E-state index contributed by atoms with van der Waals surface area (Å²) in [6, 6.07) is 4.52. The minimum Gasteiger partial charge on any atom is -0.496 e. The van der Waals surface area contributed by atoms with Gasteiger partial charge in [0.05, 0.1) is 18.7 Å². The van der Waals surface area contributed by atoms with Crippen LogP contribution in [0.25, 0.3) is 10.8 Å². The van der Waals surface area contributed by atoms with Gasteiger partial charge in [0.15, 0.2) is 6.17 Å². The molecule has 2 atom stereocenters. The van der Waals surface area contributed by atoms with Gasteiger partial charge < -0.3 is 20.5 Å². The van der Waals surface area contributed by atoms with Crippen molar-refractivity contribution in [2.45, 2.75) is 32.5 Å². The number of hydrogen-bond acceptors (Lipinski definition) is 5. The Bertz CT molecular complexity index is 812. The fourth-order valence-corrected chi connectivity index (χ4v) is 2.65. The van der Waals surface area contributed by atoms with Crippen molar-refractivity contribution >= 4 is 22.6 Å². The summed E-state index contributed by atoms with van der Waals surface area (Å²) in [6.07, 6.45) is 0.0936. The van der Waals surface area contributed by atoms with Crippen LogP contribution in [0.2, 0.25) is 0 Å². The fraction of sp³-hybridized carbons (Fsp3) is 0.389. The van der Waals surface area contributed by atoms with Crippen molar-refractivity contribution in [1.29, 1.82) is 0 Å². The molecule has 2 aromatic rings. The van der Waals surface area contributed by atoms with E-state index in [0.717, 1.165) is 0 Å². The molecule has 1 aromatic heterocycles. The third-order valence-corrected chi connectivity index (χ3v) is 3.86. The number of hydrogen-bond donors (Lipinski definition) is 2. The zero-order chi connectivity index (χ0) is 19.3. The van der Waals surface area contributed by atoms with Gasteiger partial charge in [-0.1, -0.05) is 13.8 Å². The van der Waals surface area contributed by atoms with Crippen LogP contribution >= 0.6 is 0 Å². The standard InChI is InChI=1S/C16H16FN3O4.C2H6/c1-23-13-6-10-8(4-11(13)14(18)21)2-3-19-16(10)24-7-9-5-12(17)15(22)20-9;1-2/h2-4,6,9,12H,5,7H2,1H3,(H2,18,21)(H,20,22);1-2H3. The Morgan fingerprint density at radius 2 is 2.15 bits per heavy atom. The van der Waals surface area contributed by atoms with Crippen LogP contribution in [0.15, 0.2) is 24.4 Å². The lowest BCUT2D eigenvalue weighted by Crippen LogP contribution is -2.31. The van der Waals surface area contributed by atoms with Gasteiger partial charge >= 0.3 is 0 Å². The number of aromatic nitrogens is 1. The molecule has 7 nitrogen and oxygen atoms in total. The van der Waals surface area contributed by atoms with Gasteiger partial charge in [-0.15, -0.1) is 0 Å². The van der Waals surface area contributed by atoms with E-state index < -0.39 is 24.0 Å². The number of ether oxygens (including phenoxy) is 2. The first-order valence-corrected chi connectivity index (χ1v) is 8.33. The zero-order valence-corrected chi connectivity index (χ0v) is 14.9. The molecule has 1 aliphatic heterocycles. The molecule has 0 radical (unpaired) electrons. The number of pyridine rings is 1. The van der Waals surface area contributed by atoms with E-state index in [9.17, 15) is 14.0 Å². The fourth-order valence-electron chi connectivity index (χ4n) is 2.65. The number of methoxy groups -OCH3 is 1. The lowest BCUT2D eigenvalue weighted by atomic mass is 10.1. The molecule has 0 spiro atoms. The summed E-state index contributed by atoms with van der Waals surface area (Å²) in [5.41, 5.74) is 5.60. The molecule has 3 rings (SSSR count). The molecule has 1 aromatic carbocycles. The summed E-state index contributed by atoms with van der Waals surface area (Å²) in [7, 11) is 1.43. The van der Waals surface area contributed by atoms with Gasteiger partial charge in [0.25, 0.3) is 11.8 Å². The third kappa shape index (κ3) is 4.01. The summed E-state index contributed by atoms with van der Waals surface area (Å²) in [5.74, 6) is -0.609. The zero-order valence-electron chi connectivity index (χ0n) is 14.9. The van der Waals surface area contributed by atoms with Crippen molar-refractivity contribution in [1.82, 2.24) is 10.3 Å². The topological polar surface area (TPSA) is 104 Å². The second-order valence-electron chi connectivity index (χ2n) is 5.47. The number of carbonyl (C=O) groups excluding carboxylic acids is 2. The molecule has 2 heterocycles. The van der Waals surface area contributed by atoms with Crippen LogP contribution in [0.4, 0.5) is 4.39 Å². The van der Waals surface area contributed by atoms with Gasteiger partial charge in [0, 0.05) is 18.0 Å². The largest absolute Gasteiger partial charge is 0.496 e. The predicted molar refractivity (Wildman–Crippen MR) is 95.1 cm³/mol. The average Bonchev–Trinajstić information content (AvgIpc) is 2.98. The van der Waals surface area contributed by atoms with Crippen LogP contribution in [0, 0.1) is 0 Å². The lowest BCUT2D eigenvalue weighted by molar-refractivity contribution is -0.123. The summed E-state index contributed by atoms with van der Waals surface area (Å²) in [5, 5.41) is 3.84. The number of primary amides is 1. The Morgan fingerprint density at radius 3 is 2.73 bits per heavy atom. The van der Waals surface area contributed by atoms with E-state index in [4.69, 9.17) is 15.2 Å². The first kappa shape index (κ1) is 19.4. The molecular formula is C18H22FN3O4. The molecule has 0 saturated carbocycles. The monoisotopic (exact) mass is 363 g/mol. The quantitative estimate of drug-likeness (QED) is 0.845. The van der Waals surface area contributed by atoms with Crippen LogP contribution in [-0.2, 0) is 4.79 Å². The van der Waals surface area contributed by atoms with E-state index in [1.165, 1.54) is 13.3 Å². The van der Waals surface area contributed by atoms with Gasteiger partial charge in [-0.2, -0.15) is 0 Å². The summed E-state index contributed by atoms with van der Waals surface area (Å²) < 4.78 is 24.0. The van der Waals surface area contributed by atoms with Gasteiger partial charge in [0.1, 0.15) is 12.4 Å². The Hall–Kier alpha value is -2.90. The molecule has 3 N–H and O–H groups in total. The number of carbonyl (C=O) groups is 2. The second kappa shape index (κ2) is 8.46. The van der Waals surface area contributed by atoms with E-state index in [1.807, 2.05) is 13.8 Å². The van der Waals surface area contributed by atoms with Crippen molar-refractivity contribution in [2.75, 3.05) is 13.7 Å². The first-order valence-electron chi connectivity index (χ1n) is 8.33. The molecule has 1 fully saturated rings. The highest BCUT2D eigenvalue weighted by Gasteiger charge is 2.32. The van der Waals surface area contributed by atoms with Crippen LogP contribution in [0.3, 0.4) is 0 Å². The molecule has 0 aliphatic carbocycles. The number of nitrogens with zero attached hydrogens (tertiary/aromatic N) is 1. The van der Waals surface area contributed by atoms with Crippen LogP contribution in [0.1, 0.15) is 30.6 Å². The van der Waals surface area contributed by atoms with Gasteiger partial charge in [0.2, 0.25) is 5.88 Å². The van der Waals surface area contributed by atoms with Crippen molar-refractivity contribution in [2.24, 2.45) is 5.73 Å². The molecule has 2 amide bonds. The van der Waals surface area contributed by atoms with E-state index >= 15 is 0 Å². The highest BCUT2D eigenvalue weighted by atomic mass is 19.1. The second-order valence-corrected chi connectivity index (χ2v) is 5.47. The van der Waals surface area contributed by atoms with Gasteiger partial charge in [-0.05, 0) is 23.6 Å². The summed E-state index contributed by atoms with van der Waals surface area (Å²) in [6.45, 7) is 4.10. The van der Waals surface area contributed by atoms with Crippen LogP contribution < -0.4 is 20.5 Å². The highest BCUT2D eigenvalue weighted by Crippen LogP contribution is 2.30. The Kier molecular flexibility index (Phi) is 6.32. The predicted octanol–water partition coefficient (Wildman–Crippen LogP) is 1.97. The molecule has 1 aliphatic rings. The van der Waals surface area contributed by atoms with Crippen molar-refractivity contribution < 1.29 is 23.5 Å². The average molecular weight is 363 g/mol. The number of rotatable bonds is 5. The minimum atomic E-state index is -1.50. The number of benzene rings is 1. The van der Waals surface area contributed by atoms with Crippen LogP contribution in [0.5, 0.6) is 11.6 Å². The Morgan fingerprint density at radius 1 is 1.42 bits per heavy atom. The first-order chi connectivity index (χ1) is 12.5. The number of amides is 2. The van der Waals surface area contributed by atoms with E-state index in [0.29, 0.717) is 22.4 Å². The van der Waals surface area contributed by atoms with E-state index in [-0.39, 0.29) is 18.6 Å². The minimum absolute atomic E-state index is 0.0682. The molecule has 2 unspecified atom stereocenters. The lowest BCUT2D eigenvalue weighted by Gasteiger charge is -2.14. The van der Waals surface area contributed by atoms with Crippen LogP contribution in [-0.4, -0.2) is 42.7 Å². The highest BCUT2D eigenvalue weighted by molar-refractivity contribution is 6.01. The van der Waals surface area contributed by atoms with Crippen molar-refractivity contribution in [3.05, 3.63) is 30.0 Å². The van der Waals surface area contributed by atoms with Crippen molar-refractivity contribution in [3.63, 3.8) is 0 Å². The number of alkyl halides is 1. The molecular weight excluding hydrogens is 341 g/mol. The van der Waals surface area contributed by atoms with Gasteiger partial charge in [-0.3, -0.25) is 9.59 Å². The van der Waals surface area contributed by atoms with Crippen molar-refractivity contribution in [3.8, 4) is 11.6 Å². The third-order valence-electron chi connectivity index (χ3n) is 3.86. The van der Waals surface area contributed by atoms with E-state index in [1.54, 1.807) is 18.2 Å². The van der Waals surface area contributed by atoms with Gasteiger partial charge in [-0.25, -0.2) is 9.37 Å². The number of nitrogens with two attached hydrogens (primary N) is 1. The molecule has 0 bridgehead atoms. The molecule has 140 valence electrons. The Balaban J connectivity index is 0.00000117. The maximum atomic E-state index is 13.2. The Labute approximate surface area is 150 Å². The molecule has 26 heavy (non-hydrogen) atoms. The smallest absolute Gasteiger partial charge is 0.254 e.